The van der Waals surface area contributed by atoms with Crippen LogP contribution in [-0.2, 0) is 14.2 Å². The topological polar surface area (TPSA) is 104 Å². The van der Waals surface area contributed by atoms with E-state index in [1.807, 2.05) is 36.4 Å². The number of nitrogens with zero attached hydrogens (tertiary/aromatic N) is 3. The largest absolute Gasteiger partial charge is 1.00 e. The molecule has 2 N–H and O–H groups in total. The van der Waals surface area contributed by atoms with Gasteiger partial charge in [-0.05, 0) is 37.5 Å². The molecule has 0 amide bonds. The van der Waals surface area contributed by atoms with E-state index in [-0.39, 0.29) is 54.0 Å². The van der Waals surface area contributed by atoms with Gasteiger partial charge in [0, 0.05) is 71.6 Å². The molecule has 0 spiro atoms. The third kappa shape index (κ3) is 11.7. The van der Waals surface area contributed by atoms with Crippen molar-refractivity contribution in [1.82, 2.24) is 14.7 Å². The molecular formula is C39H56N3NaO6. The predicted octanol–water partition coefficient (Wildman–Crippen LogP) is 0.689. The molecule has 0 saturated carbocycles. The number of morpholine rings is 1. The Labute approximate surface area is 316 Å². The average molecular weight is 686 g/mol. The number of methoxy groups -OCH3 is 2. The number of β-amino-alcohol motifs (C(OH)–C–C–N with tert-alkyl or cyclic N) is 2. The van der Waals surface area contributed by atoms with E-state index in [0.29, 0.717) is 43.4 Å². The fraction of sp³-hybridized carbons (Fsp3) is 0.538. The summed E-state index contributed by atoms with van der Waals surface area (Å²) in [5, 5.41) is 27.8. The Kier molecular flexibility index (Phi) is 17.9. The number of epoxide rings is 1. The quantitative estimate of drug-likeness (QED) is 0.262. The molecule has 4 fully saturated rings. The molecule has 0 aliphatic carbocycles. The smallest absolute Gasteiger partial charge is 0.857 e. The number of fused-ring (bicyclic) bond motifs is 1. The fourth-order valence-electron chi connectivity index (χ4n) is 6.85. The van der Waals surface area contributed by atoms with E-state index in [0.717, 1.165) is 33.3 Å². The van der Waals surface area contributed by atoms with Gasteiger partial charge in [-0.1, -0.05) is 91.0 Å². The third-order valence-electron chi connectivity index (χ3n) is 10.1. The SMILES string of the molecule is CO[C@@H]1CN([C@H](C)c2ccccc2)C[C@H]1O.CO[C@H]1CN([C@H](C)c2ccccc2)C[C@@H]1O.C[C@H](c1ccccc1)N1CC2OC2C1.C[O-].[Na+]. The molecule has 3 aromatic rings. The van der Waals surface area contributed by atoms with Crippen molar-refractivity contribution < 1.29 is 59.1 Å². The first-order chi connectivity index (χ1) is 23.3. The molecule has 264 valence electrons. The predicted molar refractivity (Wildman–Crippen MR) is 187 cm³/mol. The van der Waals surface area contributed by atoms with Crippen LogP contribution in [0.4, 0.5) is 0 Å². The van der Waals surface area contributed by atoms with Crippen molar-refractivity contribution in [3.8, 4) is 0 Å². The van der Waals surface area contributed by atoms with E-state index in [9.17, 15) is 10.2 Å². The first kappa shape index (κ1) is 41.7. The number of hydrogen-bond acceptors (Lipinski definition) is 9. The molecule has 49 heavy (non-hydrogen) atoms. The zero-order valence-electron chi connectivity index (χ0n) is 30.5. The van der Waals surface area contributed by atoms with E-state index >= 15 is 0 Å². The maximum Gasteiger partial charge on any atom is 1.00 e. The summed E-state index contributed by atoms with van der Waals surface area (Å²) in [7, 11) is 4.06. The maximum absolute atomic E-state index is 9.79. The van der Waals surface area contributed by atoms with E-state index in [4.69, 9.17) is 19.3 Å². The number of likely N-dealkylation sites (tertiary alicyclic amines) is 3. The summed E-state index contributed by atoms with van der Waals surface area (Å²) in [6.45, 7) is 11.8. The van der Waals surface area contributed by atoms with Crippen LogP contribution < -0.4 is 34.7 Å². The Balaban J connectivity index is 0.000000192. The minimum Gasteiger partial charge on any atom is -0.857 e. The van der Waals surface area contributed by atoms with Gasteiger partial charge in [-0.15, -0.1) is 0 Å². The first-order valence-corrected chi connectivity index (χ1v) is 17.1. The van der Waals surface area contributed by atoms with Crippen molar-refractivity contribution in [2.45, 2.75) is 75.5 Å². The first-order valence-electron chi connectivity index (χ1n) is 17.1. The van der Waals surface area contributed by atoms with Crippen molar-refractivity contribution in [2.75, 3.05) is 60.6 Å². The van der Waals surface area contributed by atoms with Gasteiger partial charge in [0.1, 0.15) is 0 Å². The summed E-state index contributed by atoms with van der Waals surface area (Å²) in [4.78, 5) is 7.02. The minimum absolute atomic E-state index is 0. The summed E-state index contributed by atoms with van der Waals surface area (Å²) in [6.07, 6.45) is 0.256. The summed E-state index contributed by atoms with van der Waals surface area (Å²) < 4.78 is 15.9. The van der Waals surface area contributed by atoms with Crippen molar-refractivity contribution >= 4 is 0 Å². The molecule has 4 saturated heterocycles. The molecule has 4 aliphatic heterocycles. The zero-order chi connectivity index (χ0) is 34.6. The van der Waals surface area contributed by atoms with E-state index in [1.54, 1.807) is 14.2 Å². The molecule has 4 aliphatic rings. The molecule has 0 radical (unpaired) electrons. The van der Waals surface area contributed by atoms with Gasteiger partial charge in [0.2, 0.25) is 0 Å². The monoisotopic (exact) mass is 685 g/mol. The molecule has 4 heterocycles. The Morgan fingerprint density at radius 3 is 1.10 bits per heavy atom. The number of benzene rings is 3. The van der Waals surface area contributed by atoms with Crippen LogP contribution in [0.2, 0.25) is 0 Å². The van der Waals surface area contributed by atoms with Crippen LogP contribution in [0, 0.1) is 0 Å². The normalized spacial score (nSPS) is 27.9. The zero-order valence-corrected chi connectivity index (χ0v) is 32.5. The van der Waals surface area contributed by atoms with Crippen LogP contribution >= 0.6 is 0 Å². The average Bonchev–Trinajstić information content (AvgIpc) is 3.41. The van der Waals surface area contributed by atoms with Gasteiger partial charge in [0.15, 0.2) is 0 Å². The molecule has 10 heteroatoms. The number of rotatable bonds is 8. The van der Waals surface area contributed by atoms with Gasteiger partial charge in [0.05, 0.1) is 36.6 Å². The molecule has 2 unspecified atom stereocenters. The summed E-state index contributed by atoms with van der Waals surface area (Å²) in [6, 6.07) is 32.6. The van der Waals surface area contributed by atoms with Crippen LogP contribution in [0.25, 0.3) is 0 Å². The number of aliphatic hydroxyl groups is 2. The van der Waals surface area contributed by atoms with Gasteiger partial charge < -0.3 is 29.5 Å². The van der Waals surface area contributed by atoms with Gasteiger partial charge in [-0.3, -0.25) is 14.7 Å². The van der Waals surface area contributed by atoms with E-state index in [1.165, 1.54) is 16.7 Å². The van der Waals surface area contributed by atoms with Gasteiger partial charge in [0.25, 0.3) is 0 Å². The Hall–Kier alpha value is -1.70. The second-order valence-corrected chi connectivity index (χ2v) is 13.0. The molecular weight excluding hydrogens is 629 g/mol. The van der Waals surface area contributed by atoms with Crippen LogP contribution in [0.1, 0.15) is 55.6 Å². The standard InChI is InChI=1S/2C13H19NO2.C12H15NO.CH3O.Na/c2*1-10(11-6-4-3-5-7-11)14-8-12(15)13(9-14)16-2;1-9(10-5-3-2-4-6-10)13-7-11-12(8-13)14-11;1-2;/h2*3-7,10,12-13,15H,8-9H2,1-2H3;2-6,9,11-12H,7-8H2,1H3;1H3;/q;;;-1;+1/t10-,12+,13+;10-,12-,13-;9-,11?,12?;;/m111../s1. The number of hydrogen-bond donors (Lipinski definition) is 2. The van der Waals surface area contributed by atoms with Crippen molar-refractivity contribution in [3.05, 3.63) is 108 Å². The van der Waals surface area contributed by atoms with Crippen molar-refractivity contribution in [1.29, 1.82) is 0 Å². The van der Waals surface area contributed by atoms with E-state index < -0.39 is 0 Å². The Morgan fingerprint density at radius 1 is 0.551 bits per heavy atom. The molecule has 3 aromatic carbocycles. The third-order valence-corrected chi connectivity index (χ3v) is 10.1. The minimum atomic E-state index is -0.365. The number of aliphatic hydroxyl groups excluding tert-OH is 2. The maximum atomic E-state index is 9.79. The fourth-order valence-corrected chi connectivity index (χ4v) is 6.85. The van der Waals surface area contributed by atoms with Crippen LogP contribution in [0.5, 0.6) is 0 Å². The Morgan fingerprint density at radius 2 is 0.837 bits per heavy atom. The summed E-state index contributed by atoms with van der Waals surface area (Å²) >= 11 is 0. The molecule has 7 rings (SSSR count). The molecule has 9 nitrogen and oxygen atoms in total. The molecule has 0 aromatic heterocycles. The second-order valence-electron chi connectivity index (χ2n) is 13.0. The van der Waals surface area contributed by atoms with Gasteiger partial charge in [-0.25, -0.2) is 0 Å². The van der Waals surface area contributed by atoms with Crippen LogP contribution in [0.15, 0.2) is 91.0 Å². The Bertz CT molecular complexity index is 1230. The van der Waals surface area contributed by atoms with Crippen LogP contribution in [-0.4, -0.2) is 122 Å². The molecule has 0 bridgehead atoms. The second kappa shape index (κ2) is 21.0. The number of ether oxygens (including phenoxy) is 3. The van der Waals surface area contributed by atoms with Gasteiger partial charge >= 0.3 is 29.6 Å². The van der Waals surface area contributed by atoms with Gasteiger partial charge in [-0.2, -0.15) is 7.11 Å². The van der Waals surface area contributed by atoms with Crippen molar-refractivity contribution in [2.24, 2.45) is 0 Å². The van der Waals surface area contributed by atoms with Crippen molar-refractivity contribution in [3.63, 3.8) is 0 Å². The van der Waals surface area contributed by atoms with Crippen LogP contribution in [0.3, 0.4) is 0 Å². The van der Waals surface area contributed by atoms with E-state index in [2.05, 4.69) is 90.1 Å². The summed E-state index contributed by atoms with van der Waals surface area (Å²) in [5.41, 5.74) is 3.98. The molecule has 9 atom stereocenters. The summed E-state index contributed by atoms with van der Waals surface area (Å²) in [5.74, 6) is 0.